The first-order valence-corrected chi connectivity index (χ1v) is 9.90. The molecule has 6 heteroatoms. The third kappa shape index (κ3) is 16.7. The largest absolute Gasteiger partial charge is 0.394 e. The van der Waals surface area contributed by atoms with Gasteiger partial charge in [0.05, 0.1) is 12.6 Å². The van der Waals surface area contributed by atoms with Crippen LogP contribution < -0.4 is 5.32 Å². The van der Waals surface area contributed by atoms with Crippen LogP contribution in [-0.4, -0.2) is 46.0 Å². The first-order valence-electron chi connectivity index (χ1n) is 9.90. The smallest absolute Gasteiger partial charge is 0.190 e. The first-order chi connectivity index (χ1) is 12.5. The van der Waals surface area contributed by atoms with E-state index in [0.717, 1.165) is 5.57 Å². The summed E-state index contributed by atoms with van der Waals surface area (Å²) in [5, 5.41) is 28.7. The maximum atomic E-state index is 12.4. The fourth-order valence-corrected chi connectivity index (χ4v) is 2.03. The van der Waals surface area contributed by atoms with Crippen LogP contribution in [0, 0.1) is 10.8 Å². The van der Waals surface area contributed by atoms with E-state index in [1.165, 1.54) is 0 Å². The Bertz CT molecular complexity index is 539. The van der Waals surface area contributed by atoms with Crippen molar-refractivity contribution in [1.29, 1.82) is 0 Å². The fourth-order valence-electron chi connectivity index (χ4n) is 2.03. The van der Waals surface area contributed by atoms with Gasteiger partial charge >= 0.3 is 0 Å². The monoisotopic (exact) mass is 445 g/mol. The van der Waals surface area contributed by atoms with Crippen molar-refractivity contribution in [2.75, 3.05) is 6.61 Å². The molecule has 29 heavy (non-hydrogen) atoms. The number of aliphatic hydroxyl groups excluding tert-OH is 3. The van der Waals surface area contributed by atoms with Crippen LogP contribution in [0.25, 0.3) is 0 Å². The molecule has 0 radical (unpaired) electrons. The van der Waals surface area contributed by atoms with E-state index in [-0.39, 0.29) is 63.2 Å². The molecule has 0 aromatic heterocycles. The number of hydrogen-bond acceptors (Lipinski definition) is 5. The van der Waals surface area contributed by atoms with Gasteiger partial charge in [-0.05, 0) is 44.6 Å². The van der Waals surface area contributed by atoms with Crippen molar-refractivity contribution in [2.24, 2.45) is 10.8 Å². The van der Waals surface area contributed by atoms with Gasteiger partial charge in [0.1, 0.15) is 0 Å². The molecule has 1 rings (SSSR count). The molecule has 0 aliphatic heterocycles. The zero-order chi connectivity index (χ0) is 22.7. The molecule has 0 saturated carbocycles. The number of Topliss-reactive ketones (excluding diaryl/α,β-unsaturated/α-hetero) is 1. The van der Waals surface area contributed by atoms with Gasteiger partial charge in [0.15, 0.2) is 5.78 Å². The van der Waals surface area contributed by atoms with E-state index in [1.807, 2.05) is 39.0 Å². The van der Waals surface area contributed by atoms with E-state index in [4.69, 9.17) is 10.2 Å². The van der Waals surface area contributed by atoms with Crippen LogP contribution in [0.5, 0.6) is 0 Å². The van der Waals surface area contributed by atoms with E-state index >= 15 is 0 Å². The Balaban J connectivity index is -0.000000640. The Morgan fingerprint density at radius 1 is 1.00 bits per heavy atom. The summed E-state index contributed by atoms with van der Waals surface area (Å²) in [4.78, 5) is 12.4. The van der Waals surface area contributed by atoms with E-state index in [1.54, 1.807) is 33.9 Å². The molecule has 0 fully saturated rings. The molecule has 0 bridgehead atoms. The molecule has 0 aromatic rings. The van der Waals surface area contributed by atoms with Crippen LogP contribution in [-0.2, 0) is 26.5 Å². The zero-order valence-corrected chi connectivity index (χ0v) is 21.6. The van der Waals surface area contributed by atoms with Crippen LogP contribution in [0.1, 0.15) is 69.2 Å². The summed E-state index contributed by atoms with van der Waals surface area (Å²) in [6.07, 6.45) is 6.98. The number of carbonyl (C=O) groups excluding carboxylic acids is 1. The second kappa shape index (κ2) is 15.1. The molecule has 1 atom stereocenters. The molecule has 5 nitrogen and oxygen atoms in total. The summed E-state index contributed by atoms with van der Waals surface area (Å²) in [5.74, 6) is 0.0538. The number of carbonyl (C=O) groups is 1. The summed E-state index contributed by atoms with van der Waals surface area (Å²) in [7, 11) is 0. The van der Waals surface area contributed by atoms with E-state index < -0.39 is 0 Å². The molecule has 4 N–H and O–H groups in total. The maximum Gasteiger partial charge on any atom is 0.190 e. The SMILES string of the molecule is CC(C)(C)C1=CC=C/C(=C/N[C@H](CO)C(C)(C)C)C1=O.CC(C)O.CC(C)O.[Ti]. The van der Waals surface area contributed by atoms with Gasteiger partial charge in [-0.3, -0.25) is 4.79 Å². The minimum atomic E-state index is -0.167. The topological polar surface area (TPSA) is 89.8 Å². The van der Waals surface area contributed by atoms with Crippen molar-refractivity contribution in [3.8, 4) is 0 Å². The second-order valence-electron chi connectivity index (χ2n) is 9.57. The van der Waals surface area contributed by atoms with Gasteiger partial charge in [-0.25, -0.2) is 0 Å². The van der Waals surface area contributed by atoms with Crippen molar-refractivity contribution >= 4 is 5.78 Å². The van der Waals surface area contributed by atoms with Gasteiger partial charge in [-0.15, -0.1) is 0 Å². The fraction of sp³-hybridized carbons (Fsp3) is 0.696. The molecule has 1 aliphatic rings. The van der Waals surface area contributed by atoms with Crippen LogP contribution in [0.3, 0.4) is 0 Å². The third-order valence-electron chi connectivity index (χ3n) is 3.52. The molecular formula is C23H43NO4Ti. The maximum absolute atomic E-state index is 12.4. The number of rotatable bonds is 3. The summed E-state index contributed by atoms with van der Waals surface area (Å²) in [6.45, 7) is 19.2. The van der Waals surface area contributed by atoms with Gasteiger partial charge in [0.25, 0.3) is 0 Å². The van der Waals surface area contributed by atoms with Gasteiger partial charge in [-0.2, -0.15) is 0 Å². The molecule has 1 aliphatic carbocycles. The van der Waals surface area contributed by atoms with Crippen LogP contribution >= 0.6 is 0 Å². The van der Waals surface area contributed by atoms with Crippen molar-refractivity contribution in [2.45, 2.75) is 87.5 Å². The third-order valence-corrected chi connectivity index (χ3v) is 3.52. The van der Waals surface area contributed by atoms with E-state index in [9.17, 15) is 9.90 Å². The number of aliphatic hydroxyl groups is 3. The van der Waals surface area contributed by atoms with Crippen LogP contribution in [0.4, 0.5) is 0 Å². The minimum absolute atomic E-state index is 0. The van der Waals surface area contributed by atoms with E-state index in [0.29, 0.717) is 5.57 Å². The minimum Gasteiger partial charge on any atom is -0.394 e. The van der Waals surface area contributed by atoms with Crippen molar-refractivity contribution < 1.29 is 41.8 Å². The Morgan fingerprint density at radius 3 is 1.72 bits per heavy atom. The molecule has 0 aromatic carbocycles. The zero-order valence-electron chi connectivity index (χ0n) is 20.0. The van der Waals surface area contributed by atoms with Gasteiger partial charge in [0, 0.05) is 51.3 Å². The van der Waals surface area contributed by atoms with E-state index in [2.05, 4.69) is 26.1 Å². The van der Waals surface area contributed by atoms with Crippen molar-refractivity contribution in [1.82, 2.24) is 5.32 Å². The number of ketones is 1. The Hall–Kier alpha value is -0.716. The predicted octanol–water partition coefficient (Wildman–Crippen LogP) is 3.75. The average molecular weight is 445 g/mol. The second-order valence-corrected chi connectivity index (χ2v) is 9.57. The van der Waals surface area contributed by atoms with Crippen molar-refractivity contribution in [3.05, 3.63) is 35.6 Å². The van der Waals surface area contributed by atoms with Gasteiger partial charge in [0.2, 0.25) is 0 Å². The molecule has 0 saturated heterocycles. The van der Waals surface area contributed by atoms with Gasteiger partial charge in [-0.1, -0.05) is 53.7 Å². The quantitative estimate of drug-likeness (QED) is 0.393. The molecule has 168 valence electrons. The number of nitrogens with one attached hydrogen (secondary N) is 1. The summed E-state index contributed by atoms with van der Waals surface area (Å²) in [6, 6.07) is -0.0832. The molecule has 0 spiro atoms. The molecule has 0 amide bonds. The Morgan fingerprint density at radius 2 is 1.41 bits per heavy atom. The average Bonchev–Trinajstić information content (AvgIpc) is 2.45. The number of hydrogen-bond donors (Lipinski definition) is 4. The Kier molecular flexibility index (Phi) is 17.2. The number of allylic oxidation sites excluding steroid dienone is 5. The molecular weight excluding hydrogens is 402 g/mol. The normalized spacial score (nSPS) is 16.3. The Labute approximate surface area is 193 Å². The van der Waals surface area contributed by atoms with Gasteiger partial charge < -0.3 is 20.6 Å². The summed E-state index contributed by atoms with van der Waals surface area (Å²) >= 11 is 0. The molecule has 0 heterocycles. The van der Waals surface area contributed by atoms with Crippen molar-refractivity contribution in [3.63, 3.8) is 0 Å². The summed E-state index contributed by atoms with van der Waals surface area (Å²) in [5.41, 5.74) is 1.21. The summed E-state index contributed by atoms with van der Waals surface area (Å²) < 4.78 is 0. The molecule has 0 unspecified atom stereocenters. The standard InChI is InChI=1S/C17H27NO2.2C3H8O.Ti/c1-16(2,3)13-9-7-8-12(15(13)20)10-18-14(11-19)17(4,5)6;2*1-3(2)4;/h7-10,14,18-19H,11H2,1-6H3;2*3-4H,1-2H3;/b12-10-;;;/t14-;;;/m1.../s1. The van der Waals surface area contributed by atoms with Crippen LogP contribution in [0.15, 0.2) is 35.6 Å². The first kappa shape index (κ1) is 32.9. The van der Waals surface area contributed by atoms with Crippen LogP contribution in [0.2, 0.25) is 0 Å². The predicted molar refractivity (Wildman–Crippen MR) is 118 cm³/mol.